The van der Waals surface area contributed by atoms with Gasteiger partial charge in [0.15, 0.2) is 5.69 Å². The molecule has 0 saturated heterocycles. The second kappa shape index (κ2) is 6.22. The molecular weight excluding hydrogens is 314 g/mol. The molecule has 1 amide bonds. The molecule has 3 rings (SSSR count). The zero-order chi connectivity index (χ0) is 16.4. The van der Waals surface area contributed by atoms with E-state index >= 15 is 0 Å². The third-order valence-corrected chi connectivity index (χ3v) is 3.88. The fourth-order valence-electron chi connectivity index (χ4n) is 2.39. The summed E-state index contributed by atoms with van der Waals surface area (Å²) in [6, 6.07) is 13.9. The predicted octanol–water partition coefficient (Wildman–Crippen LogP) is 3.07. The van der Waals surface area contributed by atoms with Crippen LogP contribution >= 0.6 is 11.6 Å². The first kappa shape index (κ1) is 15.2. The average Bonchev–Trinajstić information content (AvgIpc) is 2.56. The molecule has 5 nitrogen and oxygen atoms in total. The molecule has 1 atom stereocenters. The Balaban J connectivity index is 1.91. The fraction of sp³-hybridized carbons (Fsp3) is 0.118. The minimum atomic E-state index is -0.347. The van der Waals surface area contributed by atoms with Gasteiger partial charge >= 0.3 is 0 Å². The van der Waals surface area contributed by atoms with E-state index in [-0.39, 0.29) is 23.2 Å². The van der Waals surface area contributed by atoms with E-state index < -0.39 is 0 Å². The highest BCUT2D eigenvalue weighted by atomic mass is 35.5. The van der Waals surface area contributed by atoms with Crippen LogP contribution in [0.4, 0.5) is 0 Å². The van der Waals surface area contributed by atoms with Gasteiger partial charge in [-0.2, -0.15) is 5.10 Å². The maximum absolute atomic E-state index is 12.5. The molecule has 1 heterocycles. The predicted molar refractivity (Wildman–Crippen MR) is 89.7 cm³/mol. The first-order chi connectivity index (χ1) is 11.1. The highest BCUT2D eigenvalue weighted by Gasteiger charge is 2.16. The van der Waals surface area contributed by atoms with Crippen molar-refractivity contribution >= 4 is 28.3 Å². The van der Waals surface area contributed by atoms with E-state index in [1.54, 1.807) is 36.4 Å². The van der Waals surface area contributed by atoms with E-state index in [4.69, 9.17) is 11.6 Å². The SMILES string of the molecule is CC(NC(=O)c1n[nH]c(=O)c2ccccc12)c1ccc(Cl)cc1. The lowest BCUT2D eigenvalue weighted by molar-refractivity contribution is 0.0935. The van der Waals surface area contributed by atoms with Crippen LogP contribution < -0.4 is 10.9 Å². The van der Waals surface area contributed by atoms with Crippen LogP contribution in [0.15, 0.2) is 53.3 Å². The number of nitrogens with zero attached hydrogens (tertiary/aromatic N) is 1. The molecule has 3 aromatic rings. The summed E-state index contributed by atoms with van der Waals surface area (Å²) >= 11 is 5.87. The number of nitrogens with one attached hydrogen (secondary N) is 2. The molecule has 0 bridgehead atoms. The number of aromatic amines is 1. The lowest BCUT2D eigenvalue weighted by Crippen LogP contribution is -2.29. The summed E-state index contributed by atoms with van der Waals surface area (Å²) in [5, 5.41) is 10.7. The molecule has 0 spiro atoms. The van der Waals surface area contributed by atoms with Gasteiger partial charge in [-0.05, 0) is 30.7 Å². The van der Waals surface area contributed by atoms with Gasteiger partial charge in [0.05, 0.1) is 11.4 Å². The van der Waals surface area contributed by atoms with Gasteiger partial charge < -0.3 is 5.32 Å². The highest BCUT2D eigenvalue weighted by molar-refractivity contribution is 6.30. The molecule has 0 fully saturated rings. The summed E-state index contributed by atoms with van der Waals surface area (Å²) in [5.41, 5.74) is 0.806. The van der Waals surface area contributed by atoms with Gasteiger partial charge in [-0.15, -0.1) is 0 Å². The smallest absolute Gasteiger partial charge is 0.272 e. The van der Waals surface area contributed by atoms with Crippen molar-refractivity contribution in [1.82, 2.24) is 15.5 Å². The summed E-state index contributed by atoms with van der Waals surface area (Å²) in [4.78, 5) is 24.3. The van der Waals surface area contributed by atoms with Gasteiger partial charge in [0.2, 0.25) is 0 Å². The number of amides is 1. The van der Waals surface area contributed by atoms with Crippen LogP contribution in [0.2, 0.25) is 5.02 Å². The Morgan fingerprint density at radius 2 is 1.78 bits per heavy atom. The van der Waals surface area contributed by atoms with Gasteiger partial charge in [-0.25, -0.2) is 5.10 Å². The Hall–Kier alpha value is -2.66. The number of rotatable bonds is 3. The summed E-state index contributed by atoms with van der Waals surface area (Å²) < 4.78 is 0. The Bertz CT molecular complexity index is 919. The van der Waals surface area contributed by atoms with Gasteiger partial charge in [-0.3, -0.25) is 9.59 Å². The molecule has 2 aromatic carbocycles. The van der Waals surface area contributed by atoms with Crippen LogP contribution in [-0.4, -0.2) is 16.1 Å². The second-order valence-electron chi connectivity index (χ2n) is 5.19. The van der Waals surface area contributed by atoms with E-state index in [0.29, 0.717) is 15.8 Å². The number of carbonyl (C=O) groups excluding carboxylic acids is 1. The third-order valence-electron chi connectivity index (χ3n) is 3.63. The lowest BCUT2D eigenvalue weighted by atomic mass is 10.1. The zero-order valence-electron chi connectivity index (χ0n) is 12.3. The van der Waals surface area contributed by atoms with Crippen LogP contribution in [-0.2, 0) is 0 Å². The summed E-state index contributed by atoms with van der Waals surface area (Å²) in [5.74, 6) is -0.347. The topological polar surface area (TPSA) is 74.8 Å². The normalized spacial score (nSPS) is 12.1. The monoisotopic (exact) mass is 327 g/mol. The quantitative estimate of drug-likeness (QED) is 0.776. The van der Waals surface area contributed by atoms with Crippen LogP contribution in [0.1, 0.15) is 29.0 Å². The Kier molecular flexibility index (Phi) is 4.12. The summed E-state index contributed by atoms with van der Waals surface area (Å²) in [6.45, 7) is 1.87. The number of fused-ring (bicyclic) bond motifs is 1. The number of halogens is 1. The molecule has 0 saturated carbocycles. The summed E-state index contributed by atoms with van der Waals surface area (Å²) in [7, 11) is 0. The number of hydrogen-bond donors (Lipinski definition) is 2. The molecule has 0 aliphatic heterocycles. The molecular formula is C17H14ClN3O2. The standard InChI is InChI=1S/C17H14ClN3O2/c1-10(11-6-8-12(18)9-7-11)19-17(23)15-13-4-2-3-5-14(13)16(22)21-20-15/h2-10H,1H3,(H,19,23)(H,21,22). The molecule has 1 aromatic heterocycles. The van der Waals surface area contributed by atoms with Crippen molar-refractivity contribution < 1.29 is 4.79 Å². The Labute approximate surface area is 137 Å². The number of benzene rings is 2. The van der Waals surface area contributed by atoms with Gasteiger partial charge in [0.25, 0.3) is 11.5 Å². The molecule has 6 heteroatoms. The second-order valence-corrected chi connectivity index (χ2v) is 5.63. The van der Waals surface area contributed by atoms with Gasteiger partial charge in [0, 0.05) is 10.4 Å². The van der Waals surface area contributed by atoms with E-state index in [2.05, 4.69) is 15.5 Å². The minimum absolute atomic E-state index is 0.195. The summed E-state index contributed by atoms with van der Waals surface area (Å²) in [6.07, 6.45) is 0. The molecule has 2 N–H and O–H groups in total. The maximum atomic E-state index is 12.5. The van der Waals surface area contributed by atoms with Crippen molar-refractivity contribution in [2.75, 3.05) is 0 Å². The molecule has 23 heavy (non-hydrogen) atoms. The van der Waals surface area contributed by atoms with E-state index in [1.807, 2.05) is 19.1 Å². The van der Waals surface area contributed by atoms with E-state index in [1.165, 1.54) is 0 Å². The Morgan fingerprint density at radius 3 is 2.48 bits per heavy atom. The molecule has 116 valence electrons. The minimum Gasteiger partial charge on any atom is -0.344 e. The van der Waals surface area contributed by atoms with Gasteiger partial charge in [0.1, 0.15) is 0 Å². The average molecular weight is 328 g/mol. The number of aromatic nitrogens is 2. The van der Waals surface area contributed by atoms with Crippen LogP contribution in [0.25, 0.3) is 10.8 Å². The van der Waals surface area contributed by atoms with E-state index in [9.17, 15) is 9.59 Å². The molecule has 1 unspecified atom stereocenters. The van der Waals surface area contributed by atoms with Crippen molar-refractivity contribution in [1.29, 1.82) is 0 Å². The maximum Gasteiger partial charge on any atom is 0.272 e. The number of carbonyl (C=O) groups is 1. The molecule has 0 aliphatic rings. The Morgan fingerprint density at radius 1 is 1.13 bits per heavy atom. The van der Waals surface area contributed by atoms with Gasteiger partial charge in [-0.1, -0.05) is 41.9 Å². The largest absolute Gasteiger partial charge is 0.344 e. The van der Waals surface area contributed by atoms with Crippen LogP contribution in [0, 0.1) is 0 Å². The van der Waals surface area contributed by atoms with Crippen molar-refractivity contribution in [3.63, 3.8) is 0 Å². The fourth-order valence-corrected chi connectivity index (χ4v) is 2.51. The van der Waals surface area contributed by atoms with Crippen LogP contribution in [0.3, 0.4) is 0 Å². The van der Waals surface area contributed by atoms with Crippen molar-refractivity contribution in [3.8, 4) is 0 Å². The zero-order valence-corrected chi connectivity index (χ0v) is 13.1. The highest BCUT2D eigenvalue weighted by Crippen LogP contribution is 2.18. The lowest BCUT2D eigenvalue weighted by Gasteiger charge is -2.14. The molecule has 0 aliphatic carbocycles. The number of hydrogen-bond acceptors (Lipinski definition) is 3. The van der Waals surface area contributed by atoms with E-state index in [0.717, 1.165) is 5.56 Å². The third kappa shape index (κ3) is 3.10. The number of H-pyrrole nitrogens is 1. The van der Waals surface area contributed by atoms with Crippen LogP contribution in [0.5, 0.6) is 0 Å². The van der Waals surface area contributed by atoms with Crippen molar-refractivity contribution in [2.24, 2.45) is 0 Å². The van der Waals surface area contributed by atoms with Crippen molar-refractivity contribution in [2.45, 2.75) is 13.0 Å². The first-order valence-corrected chi connectivity index (χ1v) is 7.48. The van der Waals surface area contributed by atoms with Crippen molar-refractivity contribution in [3.05, 3.63) is 75.2 Å². The first-order valence-electron chi connectivity index (χ1n) is 7.10. The molecule has 0 radical (unpaired) electrons.